The molecule has 0 spiro atoms. The van der Waals surface area contributed by atoms with Gasteiger partial charge in [-0.1, -0.05) is 90.9 Å². The first kappa shape index (κ1) is 29.9. The standard InChI is InChI=1S/C27H52N2O4/c1-3-5-7-9-10-11-12-13-14-17-22(32-27(31)24(29)19-16-20-28)21-25-23(26(30)33-25)18-15-8-6-4-2/h22-25H,3-21,28-29H2,1-2H3/t22-,23-,24-,25-/m0/s1. The largest absolute Gasteiger partial charge is 0.461 e. The fourth-order valence-electron chi connectivity index (χ4n) is 4.58. The molecule has 0 amide bonds. The predicted molar refractivity (Wildman–Crippen MR) is 135 cm³/mol. The highest BCUT2D eigenvalue weighted by atomic mass is 16.6. The van der Waals surface area contributed by atoms with E-state index in [4.69, 9.17) is 20.9 Å². The van der Waals surface area contributed by atoms with E-state index in [1.165, 1.54) is 57.8 Å². The van der Waals surface area contributed by atoms with Crippen LogP contribution in [0.2, 0.25) is 0 Å². The number of esters is 2. The maximum absolute atomic E-state index is 12.5. The molecule has 6 nitrogen and oxygen atoms in total. The Balaban J connectivity index is 2.45. The molecule has 1 heterocycles. The average Bonchev–Trinajstić information content (AvgIpc) is 2.80. The van der Waals surface area contributed by atoms with Crippen LogP contribution in [0.4, 0.5) is 0 Å². The van der Waals surface area contributed by atoms with Crippen LogP contribution in [0.1, 0.15) is 129 Å². The van der Waals surface area contributed by atoms with Crippen LogP contribution in [0.5, 0.6) is 0 Å². The minimum atomic E-state index is -0.632. The monoisotopic (exact) mass is 468 g/mol. The predicted octanol–water partition coefficient (Wildman–Crippen LogP) is 5.79. The summed E-state index contributed by atoms with van der Waals surface area (Å²) in [7, 11) is 0. The number of nitrogens with two attached hydrogens (primary N) is 2. The van der Waals surface area contributed by atoms with Crippen LogP contribution in [0, 0.1) is 5.92 Å². The Morgan fingerprint density at radius 1 is 0.879 bits per heavy atom. The third-order valence-corrected chi connectivity index (χ3v) is 6.82. The summed E-state index contributed by atoms with van der Waals surface area (Å²) < 4.78 is 11.3. The van der Waals surface area contributed by atoms with Crippen LogP contribution < -0.4 is 11.5 Å². The molecule has 1 aliphatic rings. The molecule has 0 unspecified atom stereocenters. The second kappa shape index (κ2) is 19.2. The van der Waals surface area contributed by atoms with Crippen molar-refractivity contribution >= 4 is 11.9 Å². The molecule has 0 aliphatic carbocycles. The van der Waals surface area contributed by atoms with E-state index in [1.807, 2.05) is 0 Å². The molecule has 0 bridgehead atoms. The molecule has 1 saturated heterocycles. The number of carbonyl (C=O) groups excluding carboxylic acids is 2. The van der Waals surface area contributed by atoms with Gasteiger partial charge in [0.15, 0.2) is 0 Å². The van der Waals surface area contributed by atoms with E-state index in [9.17, 15) is 9.59 Å². The summed E-state index contributed by atoms with van der Waals surface area (Å²) in [6.45, 7) is 4.94. The molecule has 4 atom stereocenters. The van der Waals surface area contributed by atoms with Crippen LogP contribution in [-0.4, -0.2) is 36.7 Å². The number of hydrogen-bond acceptors (Lipinski definition) is 6. The van der Waals surface area contributed by atoms with Crippen LogP contribution in [0.25, 0.3) is 0 Å². The normalized spacial score (nSPS) is 19.6. The van der Waals surface area contributed by atoms with Crippen molar-refractivity contribution in [1.82, 2.24) is 0 Å². The lowest BCUT2D eigenvalue weighted by Crippen LogP contribution is -2.47. The number of cyclic esters (lactones) is 1. The summed E-state index contributed by atoms with van der Waals surface area (Å²) in [4.78, 5) is 24.5. The van der Waals surface area contributed by atoms with E-state index < -0.39 is 6.04 Å². The zero-order valence-electron chi connectivity index (χ0n) is 21.5. The molecule has 0 aromatic rings. The van der Waals surface area contributed by atoms with Crippen molar-refractivity contribution in [3.05, 3.63) is 0 Å². The van der Waals surface area contributed by atoms with Crippen molar-refractivity contribution < 1.29 is 19.1 Å². The summed E-state index contributed by atoms with van der Waals surface area (Å²) >= 11 is 0. The van der Waals surface area contributed by atoms with E-state index in [-0.39, 0.29) is 30.1 Å². The summed E-state index contributed by atoms with van der Waals surface area (Å²) in [6.07, 6.45) is 19.0. The molecular weight excluding hydrogens is 416 g/mol. The minimum Gasteiger partial charge on any atom is -0.461 e. The van der Waals surface area contributed by atoms with Gasteiger partial charge in [-0.05, 0) is 38.6 Å². The summed E-state index contributed by atoms with van der Waals surface area (Å²) in [5.41, 5.74) is 11.5. The van der Waals surface area contributed by atoms with E-state index in [1.54, 1.807) is 0 Å². The molecular formula is C27H52N2O4. The van der Waals surface area contributed by atoms with Crippen molar-refractivity contribution in [1.29, 1.82) is 0 Å². The Morgan fingerprint density at radius 2 is 1.45 bits per heavy atom. The molecule has 0 aromatic carbocycles. The van der Waals surface area contributed by atoms with Gasteiger partial charge in [0.25, 0.3) is 0 Å². The molecule has 1 fully saturated rings. The Labute approximate surface area is 202 Å². The van der Waals surface area contributed by atoms with Gasteiger partial charge in [-0.15, -0.1) is 0 Å². The molecule has 1 rings (SSSR count). The van der Waals surface area contributed by atoms with Gasteiger partial charge in [0.2, 0.25) is 0 Å². The van der Waals surface area contributed by atoms with Crippen molar-refractivity contribution in [2.45, 2.75) is 148 Å². The quantitative estimate of drug-likeness (QED) is 0.154. The molecule has 0 saturated carbocycles. The number of ether oxygens (including phenoxy) is 2. The highest BCUT2D eigenvalue weighted by molar-refractivity contribution is 5.78. The maximum atomic E-state index is 12.5. The van der Waals surface area contributed by atoms with E-state index in [0.29, 0.717) is 25.8 Å². The zero-order valence-corrected chi connectivity index (χ0v) is 21.5. The topological polar surface area (TPSA) is 105 Å². The SMILES string of the molecule is CCCCCCCCCCC[C@@H](C[C@@H]1OC(=O)[C@H]1CCCCCC)OC(=O)[C@@H](N)CCCN. The Kier molecular flexibility index (Phi) is 17.4. The first-order chi connectivity index (χ1) is 16.0. The van der Waals surface area contributed by atoms with Gasteiger partial charge in [-0.25, -0.2) is 0 Å². The second-order valence-corrected chi connectivity index (χ2v) is 9.88. The Morgan fingerprint density at radius 3 is 2.03 bits per heavy atom. The van der Waals surface area contributed by atoms with Gasteiger partial charge in [-0.2, -0.15) is 0 Å². The van der Waals surface area contributed by atoms with Crippen LogP contribution >= 0.6 is 0 Å². The van der Waals surface area contributed by atoms with Gasteiger partial charge < -0.3 is 20.9 Å². The molecule has 33 heavy (non-hydrogen) atoms. The molecule has 194 valence electrons. The summed E-state index contributed by atoms with van der Waals surface area (Å²) in [6, 6.07) is -0.632. The zero-order chi connectivity index (χ0) is 24.3. The number of hydrogen-bond donors (Lipinski definition) is 2. The molecule has 6 heteroatoms. The first-order valence-corrected chi connectivity index (χ1v) is 13.9. The molecule has 1 aliphatic heterocycles. The lowest BCUT2D eigenvalue weighted by molar-refractivity contribution is -0.190. The molecule has 4 N–H and O–H groups in total. The third kappa shape index (κ3) is 13.4. The lowest BCUT2D eigenvalue weighted by atomic mass is 9.86. The number of carbonyl (C=O) groups is 2. The summed E-state index contributed by atoms with van der Waals surface area (Å²) in [5.74, 6) is -0.490. The van der Waals surface area contributed by atoms with E-state index in [2.05, 4.69) is 13.8 Å². The number of unbranched alkanes of at least 4 members (excludes halogenated alkanes) is 11. The second-order valence-electron chi connectivity index (χ2n) is 9.88. The van der Waals surface area contributed by atoms with Crippen LogP contribution in [0.15, 0.2) is 0 Å². The van der Waals surface area contributed by atoms with Gasteiger partial charge >= 0.3 is 11.9 Å². The summed E-state index contributed by atoms with van der Waals surface area (Å²) in [5, 5.41) is 0. The Bertz CT molecular complexity index is 514. The smallest absolute Gasteiger partial charge is 0.323 e. The first-order valence-electron chi connectivity index (χ1n) is 13.9. The van der Waals surface area contributed by atoms with E-state index in [0.717, 1.165) is 38.5 Å². The Hall–Kier alpha value is -1.14. The van der Waals surface area contributed by atoms with Gasteiger partial charge in [0.1, 0.15) is 18.2 Å². The highest BCUT2D eigenvalue weighted by Gasteiger charge is 2.43. The van der Waals surface area contributed by atoms with Gasteiger partial charge in [0, 0.05) is 6.42 Å². The van der Waals surface area contributed by atoms with Gasteiger partial charge in [0.05, 0.1) is 5.92 Å². The maximum Gasteiger partial charge on any atom is 0.323 e. The highest BCUT2D eigenvalue weighted by Crippen LogP contribution is 2.32. The van der Waals surface area contributed by atoms with Crippen molar-refractivity contribution in [3.63, 3.8) is 0 Å². The number of rotatable bonds is 22. The van der Waals surface area contributed by atoms with E-state index >= 15 is 0 Å². The lowest BCUT2D eigenvalue weighted by Gasteiger charge is -2.37. The average molecular weight is 469 g/mol. The molecule has 0 aromatic heterocycles. The minimum absolute atomic E-state index is 0.0444. The third-order valence-electron chi connectivity index (χ3n) is 6.82. The molecule has 0 radical (unpaired) electrons. The van der Waals surface area contributed by atoms with Gasteiger partial charge in [-0.3, -0.25) is 9.59 Å². The van der Waals surface area contributed by atoms with Crippen molar-refractivity contribution in [2.24, 2.45) is 17.4 Å². The fourth-order valence-corrected chi connectivity index (χ4v) is 4.58. The van der Waals surface area contributed by atoms with Crippen LogP contribution in [0.3, 0.4) is 0 Å². The van der Waals surface area contributed by atoms with Crippen LogP contribution in [-0.2, 0) is 19.1 Å². The van der Waals surface area contributed by atoms with Crippen molar-refractivity contribution in [3.8, 4) is 0 Å². The van der Waals surface area contributed by atoms with Crippen molar-refractivity contribution in [2.75, 3.05) is 6.54 Å². The fraction of sp³-hybridized carbons (Fsp3) is 0.926.